The van der Waals surface area contributed by atoms with Gasteiger partial charge in [0.05, 0.1) is 24.7 Å². The molecule has 3 aromatic rings. The van der Waals surface area contributed by atoms with Crippen molar-refractivity contribution >= 4 is 10.8 Å². The highest BCUT2D eigenvalue weighted by atomic mass is 16.5. The zero-order chi connectivity index (χ0) is 16.2. The van der Waals surface area contributed by atoms with E-state index < -0.39 is 0 Å². The van der Waals surface area contributed by atoms with Crippen LogP contribution in [0.1, 0.15) is 11.3 Å². The first-order valence-electron chi connectivity index (χ1n) is 7.49. The number of hydrogen-bond donors (Lipinski definition) is 1. The first-order valence-corrected chi connectivity index (χ1v) is 7.49. The lowest BCUT2D eigenvalue weighted by molar-refractivity contribution is 0.414. The van der Waals surface area contributed by atoms with E-state index in [9.17, 15) is 4.79 Å². The number of hydrogen-bond acceptors (Lipinski definition) is 4. The zero-order valence-electron chi connectivity index (χ0n) is 13.2. The van der Waals surface area contributed by atoms with Crippen LogP contribution in [0.15, 0.2) is 53.3 Å². The third-order valence-electron chi connectivity index (χ3n) is 3.78. The standard InChI is InChI=1S/C18H19N3O2/c1-19-11-17-15-5-3-4-6-16(15)18(22)21(20-17)12-13-7-9-14(23-2)10-8-13/h3-10,19H,11-12H2,1-2H3. The van der Waals surface area contributed by atoms with Crippen molar-refractivity contribution in [2.75, 3.05) is 14.2 Å². The Kier molecular flexibility index (Phi) is 4.39. The second-order valence-electron chi connectivity index (χ2n) is 5.33. The summed E-state index contributed by atoms with van der Waals surface area (Å²) in [5, 5.41) is 9.24. The topological polar surface area (TPSA) is 56.1 Å². The van der Waals surface area contributed by atoms with Crippen LogP contribution in [-0.4, -0.2) is 23.9 Å². The Morgan fingerprint density at radius 1 is 1.09 bits per heavy atom. The molecular weight excluding hydrogens is 290 g/mol. The van der Waals surface area contributed by atoms with Crippen molar-refractivity contribution in [3.05, 3.63) is 70.1 Å². The molecule has 0 aliphatic heterocycles. The minimum absolute atomic E-state index is 0.0729. The molecule has 0 radical (unpaired) electrons. The second-order valence-corrected chi connectivity index (χ2v) is 5.33. The predicted molar refractivity (Wildman–Crippen MR) is 90.9 cm³/mol. The highest BCUT2D eigenvalue weighted by molar-refractivity contribution is 5.83. The van der Waals surface area contributed by atoms with Crippen molar-refractivity contribution in [1.29, 1.82) is 0 Å². The third kappa shape index (κ3) is 3.10. The van der Waals surface area contributed by atoms with Gasteiger partial charge >= 0.3 is 0 Å². The molecule has 1 aromatic heterocycles. The third-order valence-corrected chi connectivity index (χ3v) is 3.78. The predicted octanol–water partition coefficient (Wildman–Crippen LogP) is 2.17. The van der Waals surface area contributed by atoms with Crippen molar-refractivity contribution in [3.8, 4) is 5.75 Å². The summed E-state index contributed by atoms with van der Waals surface area (Å²) in [6, 6.07) is 15.3. The SMILES string of the molecule is CNCc1nn(Cc2ccc(OC)cc2)c(=O)c2ccccc12. The quantitative estimate of drug-likeness (QED) is 0.785. The summed E-state index contributed by atoms with van der Waals surface area (Å²) in [4.78, 5) is 12.7. The molecular formula is C18H19N3O2. The first-order chi connectivity index (χ1) is 11.2. The molecule has 2 aromatic carbocycles. The first kappa shape index (κ1) is 15.2. The molecule has 118 valence electrons. The number of methoxy groups -OCH3 is 1. The molecule has 0 aliphatic carbocycles. The van der Waals surface area contributed by atoms with Gasteiger partial charge in [-0.3, -0.25) is 4.79 Å². The van der Waals surface area contributed by atoms with E-state index in [0.717, 1.165) is 22.4 Å². The second kappa shape index (κ2) is 6.62. The average Bonchev–Trinajstić information content (AvgIpc) is 2.60. The van der Waals surface area contributed by atoms with Crippen LogP contribution in [0.2, 0.25) is 0 Å². The molecule has 0 saturated heterocycles. The Labute approximate surface area is 134 Å². The van der Waals surface area contributed by atoms with Crippen molar-refractivity contribution < 1.29 is 4.74 Å². The molecule has 0 atom stereocenters. The van der Waals surface area contributed by atoms with E-state index in [-0.39, 0.29) is 5.56 Å². The minimum atomic E-state index is -0.0729. The van der Waals surface area contributed by atoms with Crippen LogP contribution in [-0.2, 0) is 13.1 Å². The van der Waals surface area contributed by atoms with Crippen LogP contribution in [0.25, 0.3) is 10.8 Å². The fraction of sp³-hybridized carbons (Fsp3) is 0.222. The fourth-order valence-electron chi connectivity index (χ4n) is 2.61. The summed E-state index contributed by atoms with van der Waals surface area (Å²) >= 11 is 0. The highest BCUT2D eigenvalue weighted by Gasteiger charge is 2.10. The molecule has 1 heterocycles. The Morgan fingerprint density at radius 2 is 1.78 bits per heavy atom. The van der Waals surface area contributed by atoms with Gasteiger partial charge in [0, 0.05) is 11.9 Å². The van der Waals surface area contributed by atoms with Gasteiger partial charge in [0.1, 0.15) is 5.75 Å². The van der Waals surface area contributed by atoms with Crippen molar-refractivity contribution in [2.45, 2.75) is 13.1 Å². The normalized spacial score (nSPS) is 10.9. The van der Waals surface area contributed by atoms with Gasteiger partial charge in [0.25, 0.3) is 5.56 Å². The van der Waals surface area contributed by atoms with Gasteiger partial charge in [-0.2, -0.15) is 5.10 Å². The van der Waals surface area contributed by atoms with Crippen LogP contribution in [0.4, 0.5) is 0 Å². The van der Waals surface area contributed by atoms with E-state index in [1.165, 1.54) is 4.68 Å². The number of nitrogens with one attached hydrogen (secondary N) is 1. The summed E-state index contributed by atoms with van der Waals surface area (Å²) in [7, 11) is 3.50. The average molecular weight is 309 g/mol. The Bertz CT molecular complexity index is 870. The van der Waals surface area contributed by atoms with Crippen molar-refractivity contribution in [3.63, 3.8) is 0 Å². The largest absolute Gasteiger partial charge is 0.497 e. The Morgan fingerprint density at radius 3 is 2.43 bits per heavy atom. The smallest absolute Gasteiger partial charge is 0.274 e. The molecule has 0 fully saturated rings. The molecule has 0 spiro atoms. The molecule has 3 rings (SSSR count). The summed E-state index contributed by atoms with van der Waals surface area (Å²) in [6.45, 7) is 1.05. The molecule has 0 saturated carbocycles. The molecule has 0 unspecified atom stereocenters. The Balaban J connectivity index is 2.05. The van der Waals surface area contributed by atoms with Crippen LogP contribution in [0.3, 0.4) is 0 Å². The number of aromatic nitrogens is 2. The molecule has 23 heavy (non-hydrogen) atoms. The number of ether oxygens (including phenoxy) is 1. The number of fused-ring (bicyclic) bond motifs is 1. The van der Waals surface area contributed by atoms with Crippen LogP contribution in [0.5, 0.6) is 5.75 Å². The molecule has 0 bridgehead atoms. The lowest BCUT2D eigenvalue weighted by Crippen LogP contribution is -2.26. The highest BCUT2D eigenvalue weighted by Crippen LogP contribution is 2.15. The molecule has 0 aliphatic rings. The maximum absolute atomic E-state index is 12.7. The van der Waals surface area contributed by atoms with E-state index in [4.69, 9.17) is 4.74 Å². The molecule has 5 heteroatoms. The number of rotatable bonds is 5. The summed E-state index contributed by atoms with van der Waals surface area (Å²) < 4.78 is 6.68. The van der Waals surface area contributed by atoms with E-state index in [2.05, 4.69) is 10.4 Å². The Hall–Kier alpha value is -2.66. The van der Waals surface area contributed by atoms with Crippen LogP contribution >= 0.6 is 0 Å². The van der Waals surface area contributed by atoms with Gasteiger partial charge in [-0.15, -0.1) is 0 Å². The van der Waals surface area contributed by atoms with E-state index in [1.807, 2.05) is 55.6 Å². The van der Waals surface area contributed by atoms with E-state index in [0.29, 0.717) is 18.5 Å². The molecule has 5 nitrogen and oxygen atoms in total. The monoisotopic (exact) mass is 309 g/mol. The van der Waals surface area contributed by atoms with Gasteiger partial charge in [-0.25, -0.2) is 4.68 Å². The van der Waals surface area contributed by atoms with Crippen molar-refractivity contribution in [2.24, 2.45) is 0 Å². The van der Waals surface area contributed by atoms with E-state index in [1.54, 1.807) is 7.11 Å². The lowest BCUT2D eigenvalue weighted by atomic mass is 10.1. The van der Waals surface area contributed by atoms with Crippen LogP contribution < -0.4 is 15.6 Å². The maximum atomic E-state index is 12.7. The lowest BCUT2D eigenvalue weighted by Gasteiger charge is -2.11. The summed E-state index contributed by atoms with van der Waals surface area (Å²) in [6.07, 6.45) is 0. The maximum Gasteiger partial charge on any atom is 0.274 e. The molecule has 1 N–H and O–H groups in total. The number of benzene rings is 2. The summed E-state index contributed by atoms with van der Waals surface area (Å²) in [5.74, 6) is 0.795. The molecule has 0 amide bonds. The van der Waals surface area contributed by atoms with Crippen LogP contribution in [0, 0.1) is 0 Å². The van der Waals surface area contributed by atoms with Gasteiger partial charge < -0.3 is 10.1 Å². The van der Waals surface area contributed by atoms with Gasteiger partial charge in [0.2, 0.25) is 0 Å². The number of nitrogens with zero attached hydrogens (tertiary/aromatic N) is 2. The van der Waals surface area contributed by atoms with Crippen molar-refractivity contribution in [1.82, 2.24) is 15.1 Å². The fourth-order valence-corrected chi connectivity index (χ4v) is 2.61. The van der Waals surface area contributed by atoms with Gasteiger partial charge in [-0.1, -0.05) is 30.3 Å². The summed E-state index contributed by atoms with van der Waals surface area (Å²) in [5.41, 5.74) is 1.80. The van der Waals surface area contributed by atoms with Gasteiger partial charge in [0.15, 0.2) is 0 Å². The van der Waals surface area contributed by atoms with Gasteiger partial charge in [-0.05, 0) is 30.8 Å². The zero-order valence-corrected chi connectivity index (χ0v) is 13.2. The minimum Gasteiger partial charge on any atom is -0.497 e. The van der Waals surface area contributed by atoms with E-state index >= 15 is 0 Å².